The molecule has 1 heterocycles. The molecule has 0 bridgehead atoms. The molecule has 0 saturated carbocycles. The number of aryl methyl sites for hydroxylation is 1. The molecule has 4 heteroatoms. The highest BCUT2D eigenvalue weighted by atomic mass is 32.1. The van der Waals surface area contributed by atoms with Gasteiger partial charge in [-0.25, -0.2) is 0 Å². The maximum Gasteiger partial charge on any atom is 0.252 e. The van der Waals surface area contributed by atoms with E-state index in [1.165, 1.54) is 23.3 Å². The van der Waals surface area contributed by atoms with Crippen molar-refractivity contribution in [3.05, 3.63) is 57.3 Å². The largest absolute Gasteiger partial charge is 0.350 e. The zero-order chi connectivity index (χ0) is 14.7. The van der Waals surface area contributed by atoms with E-state index in [-0.39, 0.29) is 11.9 Å². The molecular weight excluding hydrogens is 280 g/mol. The number of benzene rings is 1. The molecule has 1 unspecified atom stereocenters. The molecule has 1 amide bonds. The first-order valence-electron chi connectivity index (χ1n) is 7.43. The van der Waals surface area contributed by atoms with E-state index in [0.717, 1.165) is 24.0 Å². The van der Waals surface area contributed by atoms with Gasteiger partial charge >= 0.3 is 0 Å². The first-order valence-corrected chi connectivity index (χ1v) is 8.31. The van der Waals surface area contributed by atoms with E-state index in [0.29, 0.717) is 6.54 Å². The average molecular weight is 300 g/mol. The van der Waals surface area contributed by atoms with Gasteiger partial charge in [-0.05, 0) is 36.8 Å². The van der Waals surface area contributed by atoms with Crippen molar-refractivity contribution in [2.75, 3.05) is 6.54 Å². The molecule has 0 aliphatic heterocycles. The summed E-state index contributed by atoms with van der Waals surface area (Å²) < 4.78 is 0. The van der Waals surface area contributed by atoms with Crippen molar-refractivity contribution < 1.29 is 4.79 Å². The first-order chi connectivity index (χ1) is 10.3. The average Bonchev–Trinajstić information content (AvgIpc) is 2.97. The van der Waals surface area contributed by atoms with Crippen LogP contribution in [0, 0.1) is 0 Å². The van der Waals surface area contributed by atoms with Crippen LogP contribution < -0.4 is 11.1 Å². The molecule has 1 aliphatic carbocycles. The van der Waals surface area contributed by atoms with Crippen LogP contribution in [0.25, 0.3) is 0 Å². The van der Waals surface area contributed by atoms with Crippen molar-refractivity contribution in [2.24, 2.45) is 5.73 Å². The summed E-state index contributed by atoms with van der Waals surface area (Å²) in [6.45, 7) is 0.466. The highest BCUT2D eigenvalue weighted by Crippen LogP contribution is 2.30. The second kappa shape index (κ2) is 6.41. The Labute approximate surface area is 129 Å². The molecular formula is C17H20N2OS. The van der Waals surface area contributed by atoms with Crippen LogP contribution in [0.2, 0.25) is 0 Å². The van der Waals surface area contributed by atoms with Crippen molar-refractivity contribution in [3.63, 3.8) is 0 Å². The zero-order valence-corrected chi connectivity index (χ0v) is 12.8. The lowest BCUT2D eigenvalue weighted by molar-refractivity contribution is 0.0950. The third-order valence-electron chi connectivity index (χ3n) is 4.02. The first kappa shape index (κ1) is 14.3. The van der Waals surface area contributed by atoms with Gasteiger partial charge in [-0.3, -0.25) is 4.79 Å². The number of fused-ring (bicyclic) bond motifs is 1. The minimum Gasteiger partial charge on any atom is -0.350 e. The molecule has 110 valence electrons. The third-order valence-corrected chi connectivity index (χ3v) is 5.10. The number of hydrogen-bond donors (Lipinski definition) is 2. The molecule has 0 spiro atoms. The highest BCUT2D eigenvalue weighted by Gasteiger charge is 2.20. The van der Waals surface area contributed by atoms with E-state index in [2.05, 4.69) is 5.32 Å². The van der Waals surface area contributed by atoms with Crippen molar-refractivity contribution in [1.29, 1.82) is 0 Å². The lowest BCUT2D eigenvalue weighted by Gasteiger charge is -2.15. The molecule has 1 aromatic heterocycles. The van der Waals surface area contributed by atoms with Crippen LogP contribution in [-0.2, 0) is 12.8 Å². The normalized spacial score (nSPS) is 15.3. The van der Waals surface area contributed by atoms with Crippen LogP contribution >= 0.6 is 11.3 Å². The number of carbonyl (C=O) groups is 1. The minimum absolute atomic E-state index is 0.0146. The number of nitrogens with two attached hydrogens (primary N) is 1. The van der Waals surface area contributed by atoms with Gasteiger partial charge in [-0.15, -0.1) is 11.3 Å². The van der Waals surface area contributed by atoms with Gasteiger partial charge in [0, 0.05) is 22.8 Å². The van der Waals surface area contributed by atoms with Crippen LogP contribution in [0.15, 0.2) is 35.7 Å². The van der Waals surface area contributed by atoms with Crippen LogP contribution in [0.3, 0.4) is 0 Å². The molecule has 3 nitrogen and oxygen atoms in total. The number of carbonyl (C=O) groups excluding carboxylic acids is 1. The summed E-state index contributed by atoms with van der Waals surface area (Å²) >= 11 is 1.72. The third kappa shape index (κ3) is 3.17. The minimum atomic E-state index is -0.162. The Hall–Kier alpha value is -1.65. The van der Waals surface area contributed by atoms with Crippen LogP contribution in [0.1, 0.15) is 45.2 Å². The molecule has 3 rings (SSSR count). The maximum atomic E-state index is 12.4. The van der Waals surface area contributed by atoms with E-state index in [4.69, 9.17) is 5.73 Å². The molecule has 0 fully saturated rings. The van der Waals surface area contributed by atoms with Gasteiger partial charge in [0.2, 0.25) is 0 Å². The Morgan fingerprint density at radius 1 is 1.24 bits per heavy atom. The number of nitrogens with one attached hydrogen (secondary N) is 1. The van der Waals surface area contributed by atoms with Gasteiger partial charge in [0.25, 0.3) is 5.91 Å². The van der Waals surface area contributed by atoms with Gasteiger partial charge in [-0.2, -0.15) is 0 Å². The van der Waals surface area contributed by atoms with Gasteiger partial charge in [0.05, 0.1) is 5.56 Å². The predicted molar refractivity (Wildman–Crippen MR) is 86.7 cm³/mol. The monoisotopic (exact) mass is 300 g/mol. The second-order valence-electron chi connectivity index (χ2n) is 5.49. The molecule has 0 radical (unpaired) electrons. The Bertz CT molecular complexity index is 621. The summed E-state index contributed by atoms with van der Waals surface area (Å²) in [5.74, 6) is 0.0146. The van der Waals surface area contributed by atoms with Gasteiger partial charge in [0.1, 0.15) is 0 Å². The summed E-state index contributed by atoms with van der Waals surface area (Å²) in [5.41, 5.74) is 9.29. The van der Waals surface area contributed by atoms with E-state index in [1.54, 1.807) is 11.3 Å². The number of amides is 1. The van der Waals surface area contributed by atoms with Crippen LogP contribution in [-0.4, -0.2) is 12.5 Å². The SMILES string of the molecule is NC(CNC(=O)c1csc2c1CCCC2)c1ccccc1. The molecule has 3 N–H and O–H groups in total. The summed E-state index contributed by atoms with van der Waals surface area (Å²) in [4.78, 5) is 13.7. The Morgan fingerprint density at radius 3 is 2.81 bits per heavy atom. The second-order valence-corrected chi connectivity index (χ2v) is 6.45. The highest BCUT2D eigenvalue weighted by molar-refractivity contribution is 7.10. The summed E-state index contributed by atoms with van der Waals surface area (Å²) in [7, 11) is 0. The van der Waals surface area contributed by atoms with E-state index < -0.39 is 0 Å². The number of thiophene rings is 1. The van der Waals surface area contributed by atoms with Crippen molar-refractivity contribution >= 4 is 17.2 Å². The van der Waals surface area contributed by atoms with Crippen molar-refractivity contribution in [2.45, 2.75) is 31.7 Å². The molecule has 2 aromatic rings. The van der Waals surface area contributed by atoms with Gasteiger partial charge < -0.3 is 11.1 Å². The van der Waals surface area contributed by atoms with Crippen molar-refractivity contribution in [3.8, 4) is 0 Å². The smallest absolute Gasteiger partial charge is 0.252 e. The molecule has 1 atom stereocenters. The number of hydrogen-bond acceptors (Lipinski definition) is 3. The topological polar surface area (TPSA) is 55.1 Å². The maximum absolute atomic E-state index is 12.4. The summed E-state index contributed by atoms with van der Waals surface area (Å²) in [6, 6.07) is 9.71. The number of rotatable bonds is 4. The van der Waals surface area contributed by atoms with Gasteiger partial charge in [-0.1, -0.05) is 30.3 Å². The molecule has 0 saturated heterocycles. The summed E-state index contributed by atoms with van der Waals surface area (Å²) in [6.07, 6.45) is 4.59. The van der Waals surface area contributed by atoms with E-state index in [1.807, 2.05) is 35.7 Å². The summed E-state index contributed by atoms with van der Waals surface area (Å²) in [5, 5.41) is 4.98. The Kier molecular flexibility index (Phi) is 4.36. The molecule has 21 heavy (non-hydrogen) atoms. The van der Waals surface area contributed by atoms with E-state index in [9.17, 15) is 4.79 Å². The standard InChI is InChI=1S/C17H20N2OS/c18-15(12-6-2-1-3-7-12)10-19-17(20)14-11-21-16-9-5-4-8-13(14)16/h1-3,6-7,11,15H,4-5,8-10,18H2,(H,19,20). The zero-order valence-electron chi connectivity index (χ0n) is 12.0. The fraction of sp³-hybridized carbons (Fsp3) is 0.353. The predicted octanol–water partition coefficient (Wildman–Crippen LogP) is 3.06. The fourth-order valence-corrected chi connectivity index (χ4v) is 3.93. The van der Waals surface area contributed by atoms with Gasteiger partial charge in [0.15, 0.2) is 0 Å². The van der Waals surface area contributed by atoms with Crippen LogP contribution in [0.4, 0.5) is 0 Å². The Balaban J connectivity index is 1.63. The quantitative estimate of drug-likeness (QED) is 0.912. The molecule has 1 aromatic carbocycles. The van der Waals surface area contributed by atoms with E-state index >= 15 is 0 Å². The Morgan fingerprint density at radius 2 is 2.00 bits per heavy atom. The lowest BCUT2D eigenvalue weighted by Crippen LogP contribution is -2.32. The van der Waals surface area contributed by atoms with Crippen LogP contribution in [0.5, 0.6) is 0 Å². The molecule has 1 aliphatic rings. The van der Waals surface area contributed by atoms with Crippen molar-refractivity contribution in [1.82, 2.24) is 5.32 Å². The lowest BCUT2D eigenvalue weighted by atomic mass is 9.95. The fourth-order valence-electron chi connectivity index (χ4n) is 2.80.